The lowest BCUT2D eigenvalue weighted by atomic mass is 10.3. The molecule has 0 unspecified atom stereocenters. The second kappa shape index (κ2) is 5.46. The number of aromatic hydroxyl groups is 1. The molecule has 0 spiro atoms. The van der Waals surface area contributed by atoms with Crippen molar-refractivity contribution >= 4 is 29.1 Å². The zero-order valence-electron chi connectivity index (χ0n) is 9.34. The average Bonchev–Trinajstić information content (AvgIpc) is 2.36. The molecule has 0 aromatic heterocycles. The summed E-state index contributed by atoms with van der Waals surface area (Å²) in [5, 5.41) is 19.9. The Kier molecular flexibility index (Phi) is 3.92. The highest BCUT2D eigenvalue weighted by molar-refractivity contribution is 7.99. The Balaban J connectivity index is 2.41. The van der Waals surface area contributed by atoms with Crippen LogP contribution in [0.1, 0.15) is 0 Å². The molecule has 2 rings (SSSR count). The molecule has 0 aliphatic rings. The summed E-state index contributed by atoms with van der Waals surface area (Å²) in [5.74, 6) is -0.737. The van der Waals surface area contributed by atoms with E-state index in [1.165, 1.54) is 18.2 Å². The standard InChI is InChI=1S/C12H7ClFNO3S/c13-9-5-12(11(15(17)18)6-10(9)14)19-8-3-1-7(16)2-4-8/h1-6,16H. The van der Waals surface area contributed by atoms with Crippen molar-refractivity contribution in [3.05, 3.63) is 57.4 Å². The van der Waals surface area contributed by atoms with E-state index in [0.29, 0.717) is 4.90 Å². The van der Waals surface area contributed by atoms with Gasteiger partial charge in [0.05, 0.1) is 20.9 Å². The van der Waals surface area contributed by atoms with Crippen molar-refractivity contribution in [1.29, 1.82) is 0 Å². The van der Waals surface area contributed by atoms with Gasteiger partial charge in [-0.15, -0.1) is 0 Å². The molecule has 7 heteroatoms. The molecule has 2 aromatic carbocycles. The average molecular weight is 300 g/mol. The summed E-state index contributed by atoms with van der Waals surface area (Å²) in [6.07, 6.45) is 0. The minimum absolute atomic E-state index is 0.0935. The van der Waals surface area contributed by atoms with Gasteiger partial charge >= 0.3 is 0 Å². The van der Waals surface area contributed by atoms with Crippen LogP contribution >= 0.6 is 23.4 Å². The first kappa shape index (κ1) is 13.6. The SMILES string of the molecule is O=[N+]([O-])c1cc(F)c(Cl)cc1Sc1ccc(O)cc1. The number of rotatable bonds is 3. The number of nitrogens with zero attached hydrogens (tertiary/aromatic N) is 1. The molecule has 0 atom stereocenters. The van der Waals surface area contributed by atoms with Gasteiger partial charge in [-0.3, -0.25) is 10.1 Å². The Morgan fingerprint density at radius 2 is 1.89 bits per heavy atom. The van der Waals surface area contributed by atoms with Gasteiger partial charge in [0.25, 0.3) is 5.69 Å². The molecule has 0 saturated heterocycles. The van der Waals surface area contributed by atoms with Gasteiger partial charge in [-0.2, -0.15) is 0 Å². The smallest absolute Gasteiger partial charge is 0.286 e. The van der Waals surface area contributed by atoms with Crippen LogP contribution in [0.15, 0.2) is 46.2 Å². The third-order valence-corrected chi connectivity index (χ3v) is 3.61. The van der Waals surface area contributed by atoms with E-state index >= 15 is 0 Å². The molecule has 19 heavy (non-hydrogen) atoms. The summed E-state index contributed by atoms with van der Waals surface area (Å²) in [5.41, 5.74) is -0.347. The third-order valence-electron chi connectivity index (χ3n) is 2.26. The fraction of sp³-hybridized carbons (Fsp3) is 0. The lowest BCUT2D eigenvalue weighted by Crippen LogP contribution is -1.93. The van der Waals surface area contributed by atoms with Crippen LogP contribution in [0.4, 0.5) is 10.1 Å². The molecule has 0 amide bonds. The molecule has 4 nitrogen and oxygen atoms in total. The van der Waals surface area contributed by atoms with Crippen LogP contribution in [-0.4, -0.2) is 10.0 Å². The first-order chi connectivity index (χ1) is 8.97. The monoisotopic (exact) mass is 299 g/mol. The first-order valence-corrected chi connectivity index (χ1v) is 6.27. The summed E-state index contributed by atoms with van der Waals surface area (Å²) < 4.78 is 13.2. The number of nitro groups is 1. The molecule has 98 valence electrons. The molecule has 0 aliphatic carbocycles. The molecule has 0 heterocycles. The summed E-state index contributed by atoms with van der Waals surface area (Å²) in [4.78, 5) is 11.1. The van der Waals surface area contributed by atoms with E-state index in [2.05, 4.69) is 0 Å². The largest absolute Gasteiger partial charge is 0.508 e. The van der Waals surface area contributed by atoms with Crippen LogP contribution in [-0.2, 0) is 0 Å². The molecule has 0 saturated carbocycles. The molecule has 0 aliphatic heterocycles. The quantitative estimate of drug-likeness (QED) is 0.680. The van der Waals surface area contributed by atoms with Crippen molar-refractivity contribution in [3.8, 4) is 5.75 Å². The summed E-state index contributed by atoms with van der Waals surface area (Å²) in [7, 11) is 0. The Labute approximate surface area is 117 Å². The Hall–Kier alpha value is -1.79. The minimum atomic E-state index is -0.830. The van der Waals surface area contributed by atoms with E-state index in [4.69, 9.17) is 16.7 Å². The molecular weight excluding hydrogens is 293 g/mol. The summed E-state index contributed by atoms with van der Waals surface area (Å²) >= 11 is 6.70. The molecule has 1 N–H and O–H groups in total. The van der Waals surface area contributed by atoms with Crippen molar-refractivity contribution in [2.45, 2.75) is 9.79 Å². The lowest BCUT2D eigenvalue weighted by Gasteiger charge is -2.04. The molecule has 0 fully saturated rings. The molecule has 0 radical (unpaired) electrons. The van der Waals surface area contributed by atoms with Crippen molar-refractivity contribution in [3.63, 3.8) is 0 Å². The number of phenolic OH excluding ortho intramolecular Hbond substituents is 1. The molecule has 2 aromatic rings. The maximum atomic E-state index is 13.2. The molecule has 0 bridgehead atoms. The van der Waals surface area contributed by atoms with Crippen LogP contribution in [0.25, 0.3) is 0 Å². The van der Waals surface area contributed by atoms with Crippen LogP contribution in [0.3, 0.4) is 0 Å². The highest BCUT2D eigenvalue weighted by atomic mass is 35.5. The number of nitro benzene ring substituents is 1. The molecular formula is C12H7ClFNO3S. The third kappa shape index (κ3) is 3.15. The fourth-order valence-corrected chi connectivity index (χ4v) is 2.55. The van der Waals surface area contributed by atoms with Gasteiger partial charge in [0.1, 0.15) is 11.6 Å². The highest BCUT2D eigenvalue weighted by Gasteiger charge is 2.18. The Bertz CT molecular complexity index is 634. The van der Waals surface area contributed by atoms with E-state index in [-0.39, 0.29) is 21.4 Å². The minimum Gasteiger partial charge on any atom is -0.508 e. The van der Waals surface area contributed by atoms with Gasteiger partial charge in [0, 0.05) is 4.90 Å². The van der Waals surface area contributed by atoms with Crippen molar-refractivity contribution in [2.24, 2.45) is 0 Å². The Morgan fingerprint density at radius 3 is 2.47 bits per heavy atom. The van der Waals surface area contributed by atoms with Crippen molar-refractivity contribution in [2.75, 3.05) is 0 Å². The van der Waals surface area contributed by atoms with Gasteiger partial charge in [0.15, 0.2) is 0 Å². The topological polar surface area (TPSA) is 63.4 Å². The maximum Gasteiger partial charge on any atom is 0.286 e. The first-order valence-electron chi connectivity index (χ1n) is 5.07. The van der Waals surface area contributed by atoms with Gasteiger partial charge in [-0.1, -0.05) is 23.4 Å². The Morgan fingerprint density at radius 1 is 1.26 bits per heavy atom. The normalized spacial score (nSPS) is 10.4. The number of halogens is 2. The summed E-state index contributed by atoms with van der Waals surface area (Å²) in [6, 6.07) is 8.12. The fourth-order valence-electron chi connectivity index (χ4n) is 1.38. The van der Waals surface area contributed by atoms with E-state index in [0.717, 1.165) is 17.8 Å². The van der Waals surface area contributed by atoms with E-state index < -0.39 is 10.7 Å². The van der Waals surface area contributed by atoms with Crippen LogP contribution in [0, 0.1) is 15.9 Å². The van der Waals surface area contributed by atoms with Crippen molar-refractivity contribution < 1.29 is 14.4 Å². The second-order valence-corrected chi connectivity index (χ2v) is 5.11. The predicted molar refractivity (Wildman–Crippen MR) is 70.3 cm³/mol. The second-order valence-electron chi connectivity index (χ2n) is 3.59. The van der Waals surface area contributed by atoms with Crippen molar-refractivity contribution in [1.82, 2.24) is 0 Å². The van der Waals surface area contributed by atoms with Gasteiger partial charge < -0.3 is 5.11 Å². The van der Waals surface area contributed by atoms with Gasteiger partial charge in [0.2, 0.25) is 0 Å². The number of hydrogen-bond acceptors (Lipinski definition) is 4. The highest BCUT2D eigenvalue weighted by Crippen LogP contribution is 2.38. The van der Waals surface area contributed by atoms with E-state index in [1.54, 1.807) is 12.1 Å². The number of phenols is 1. The van der Waals surface area contributed by atoms with Gasteiger partial charge in [-0.25, -0.2) is 4.39 Å². The zero-order valence-corrected chi connectivity index (χ0v) is 10.9. The van der Waals surface area contributed by atoms with Crippen LogP contribution in [0.5, 0.6) is 5.75 Å². The van der Waals surface area contributed by atoms with Gasteiger partial charge in [-0.05, 0) is 30.3 Å². The maximum absolute atomic E-state index is 13.2. The lowest BCUT2D eigenvalue weighted by molar-refractivity contribution is -0.387. The number of hydrogen-bond donors (Lipinski definition) is 1. The predicted octanol–water partition coefficient (Wildman–Crippen LogP) is 4.24. The number of benzene rings is 2. The van der Waals surface area contributed by atoms with Crippen LogP contribution in [0.2, 0.25) is 5.02 Å². The van der Waals surface area contributed by atoms with Crippen LogP contribution < -0.4 is 0 Å². The van der Waals surface area contributed by atoms with E-state index in [1.807, 2.05) is 0 Å². The zero-order chi connectivity index (χ0) is 14.0. The summed E-state index contributed by atoms with van der Waals surface area (Å²) in [6.45, 7) is 0. The van der Waals surface area contributed by atoms with E-state index in [9.17, 15) is 14.5 Å².